The van der Waals surface area contributed by atoms with Gasteiger partial charge in [-0.05, 0) is 25.5 Å². The number of nitrogens with zero attached hydrogens (tertiary/aromatic N) is 2. The number of hydrogen-bond donors (Lipinski definition) is 1. The van der Waals surface area contributed by atoms with E-state index >= 15 is 0 Å². The number of aromatic nitrogens is 2. The molecule has 2 N–H and O–H groups in total. The van der Waals surface area contributed by atoms with E-state index in [0.717, 1.165) is 13.0 Å². The summed E-state index contributed by atoms with van der Waals surface area (Å²) < 4.78 is 15.1. The molecular weight excluding hydrogens is 169 g/mol. The van der Waals surface area contributed by atoms with Gasteiger partial charge in [-0.3, -0.25) is 4.68 Å². The summed E-state index contributed by atoms with van der Waals surface area (Å²) >= 11 is 0. The molecule has 0 saturated heterocycles. The summed E-state index contributed by atoms with van der Waals surface area (Å²) in [5.74, 6) is 0. The monoisotopic (exact) mass is 185 g/mol. The Labute approximate surface area is 77.7 Å². The van der Waals surface area contributed by atoms with Crippen LogP contribution >= 0.6 is 0 Å². The van der Waals surface area contributed by atoms with Crippen LogP contribution in [-0.4, -0.2) is 16.3 Å². The van der Waals surface area contributed by atoms with Crippen LogP contribution in [0.4, 0.5) is 4.39 Å². The minimum atomic E-state index is -0.973. The highest BCUT2D eigenvalue weighted by Gasteiger charge is 2.13. The van der Waals surface area contributed by atoms with Crippen molar-refractivity contribution in [3.05, 3.63) is 18.0 Å². The van der Waals surface area contributed by atoms with Gasteiger partial charge < -0.3 is 5.73 Å². The SMILES string of the molecule is CCCn1nccc1C(F)CCN. The zero-order chi connectivity index (χ0) is 9.68. The molecular formula is C9H16FN3. The van der Waals surface area contributed by atoms with Crippen molar-refractivity contribution in [1.29, 1.82) is 0 Å². The van der Waals surface area contributed by atoms with Crippen LogP contribution in [0.2, 0.25) is 0 Å². The second kappa shape index (κ2) is 4.97. The first kappa shape index (κ1) is 10.2. The Morgan fingerprint density at radius 3 is 3.08 bits per heavy atom. The molecule has 0 fully saturated rings. The van der Waals surface area contributed by atoms with Crippen LogP contribution in [0.5, 0.6) is 0 Å². The summed E-state index contributed by atoms with van der Waals surface area (Å²) in [6.07, 6.45) is 1.99. The molecule has 0 aliphatic carbocycles. The van der Waals surface area contributed by atoms with Gasteiger partial charge in [0, 0.05) is 12.7 Å². The zero-order valence-corrected chi connectivity index (χ0v) is 7.91. The molecule has 74 valence electrons. The smallest absolute Gasteiger partial charge is 0.143 e. The Hall–Kier alpha value is -0.900. The number of alkyl halides is 1. The van der Waals surface area contributed by atoms with E-state index in [9.17, 15) is 4.39 Å². The van der Waals surface area contributed by atoms with E-state index in [1.54, 1.807) is 16.9 Å². The molecule has 1 aromatic heterocycles. The number of aryl methyl sites for hydroxylation is 1. The third-order valence-corrected chi connectivity index (χ3v) is 1.93. The summed E-state index contributed by atoms with van der Waals surface area (Å²) in [6.45, 7) is 3.19. The lowest BCUT2D eigenvalue weighted by atomic mass is 10.2. The highest BCUT2D eigenvalue weighted by Crippen LogP contribution is 2.19. The molecule has 0 amide bonds. The number of halogens is 1. The molecule has 0 saturated carbocycles. The van der Waals surface area contributed by atoms with Crippen LogP contribution < -0.4 is 5.73 Å². The van der Waals surface area contributed by atoms with Gasteiger partial charge in [-0.2, -0.15) is 5.10 Å². The van der Waals surface area contributed by atoms with Crippen molar-refractivity contribution in [3.63, 3.8) is 0 Å². The maximum absolute atomic E-state index is 13.4. The number of hydrogen-bond acceptors (Lipinski definition) is 2. The second-order valence-corrected chi connectivity index (χ2v) is 3.02. The zero-order valence-electron chi connectivity index (χ0n) is 7.91. The molecule has 0 spiro atoms. The highest BCUT2D eigenvalue weighted by atomic mass is 19.1. The fraction of sp³-hybridized carbons (Fsp3) is 0.667. The van der Waals surface area contributed by atoms with Crippen LogP contribution in [0, 0.1) is 0 Å². The van der Waals surface area contributed by atoms with Gasteiger partial charge >= 0.3 is 0 Å². The van der Waals surface area contributed by atoms with Crippen LogP contribution in [-0.2, 0) is 6.54 Å². The fourth-order valence-corrected chi connectivity index (χ4v) is 1.30. The average molecular weight is 185 g/mol. The van der Waals surface area contributed by atoms with Crippen LogP contribution in [0.25, 0.3) is 0 Å². The molecule has 0 radical (unpaired) electrons. The molecule has 0 aromatic carbocycles. The van der Waals surface area contributed by atoms with E-state index in [-0.39, 0.29) is 0 Å². The molecule has 13 heavy (non-hydrogen) atoms. The molecule has 3 nitrogen and oxygen atoms in total. The molecule has 0 aliphatic heterocycles. The molecule has 1 rings (SSSR count). The van der Waals surface area contributed by atoms with Crippen molar-refractivity contribution in [2.75, 3.05) is 6.54 Å². The van der Waals surface area contributed by atoms with Crippen LogP contribution in [0.3, 0.4) is 0 Å². The van der Waals surface area contributed by atoms with Crippen LogP contribution in [0.15, 0.2) is 12.3 Å². The van der Waals surface area contributed by atoms with Gasteiger partial charge in [-0.1, -0.05) is 6.92 Å². The number of rotatable bonds is 5. The quantitative estimate of drug-likeness (QED) is 0.758. The van der Waals surface area contributed by atoms with E-state index in [4.69, 9.17) is 5.73 Å². The van der Waals surface area contributed by atoms with Crippen molar-refractivity contribution in [2.24, 2.45) is 5.73 Å². The molecule has 4 heteroatoms. The first-order valence-corrected chi connectivity index (χ1v) is 4.65. The van der Waals surface area contributed by atoms with Gasteiger partial charge in [0.25, 0.3) is 0 Å². The first-order chi connectivity index (χ1) is 6.29. The van der Waals surface area contributed by atoms with Gasteiger partial charge in [0.15, 0.2) is 0 Å². The van der Waals surface area contributed by atoms with Crippen molar-refractivity contribution in [3.8, 4) is 0 Å². The topological polar surface area (TPSA) is 43.8 Å². The Morgan fingerprint density at radius 1 is 1.69 bits per heavy atom. The number of nitrogens with two attached hydrogens (primary N) is 1. The van der Waals surface area contributed by atoms with Gasteiger partial charge in [0.05, 0.1) is 5.69 Å². The second-order valence-electron chi connectivity index (χ2n) is 3.02. The maximum atomic E-state index is 13.4. The first-order valence-electron chi connectivity index (χ1n) is 4.65. The molecule has 1 heterocycles. The van der Waals surface area contributed by atoms with Gasteiger partial charge in [0.2, 0.25) is 0 Å². The van der Waals surface area contributed by atoms with Crippen molar-refractivity contribution in [2.45, 2.75) is 32.5 Å². The predicted octanol–water partition coefficient (Wildman–Crippen LogP) is 1.65. The van der Waals surface area contributed by atoms with Gasteiger partial charge in [-0.25, -0.2) is 4.39 Å². The van der Waals surface area contributed by atoms with E-state index in [0.29, 0.717) is 18.7 Å². The van der Waals surface area contributed by atoms with Gasteiger partial charge in [-0.15, -0.1) is 0 Å². The lowest BCUT2D eigenvalue weighted by Gasteiger charge is -2.09. The van der Waals surface area contributed by atoms with Crippen molar-refractivity contribution >= 4 is 0 Å². The highest BCUT2D eigenvalue weighted by molar-refractivity contribution is 5.04. The largest absolute Gasteiger partial charge is 0.330 e. The van der Waals surface area contributed by atoms with Crippen LogP contribution in [0.1, 0.15) is 31.6 Å². The maximum Gasteiger partial charge on any atom is 0.143 e. The van der Waals surface area contributed by atoms with Crippen molar-refractivity contribution < 1.29 is 4.39 Å². The molecule has 0 aliphatic rings. The molecule has 1 atom stereocenters. The summed E-state index contributed by atoms with van der Waals surface area (Å²) in [6, 6.07) is 1.72. The Balaban J connectivity index is 2.68. The fourth-order valence-electron chi connectivity index (χ4n) is 1.30. The molecule has 0 bridgehead atoms. The van der Waals surface area contributed by atoms with E-state index in [1.807, 2.05) is 6.92 Å². The third-order valence-electron chi connectivity index (χ3n) is 1.93. The predicted molar refractivity (Wildman–Crippen MR) is 50.0 cm³/mol. The lowest BCUT2D eigenvalue weighted by Crippen LogP contribution is -2.10. The Morgan fingerprint density at radius 2 is 2.46 bits per heavy atom. The summed E-state index contributed by atoms with van der Waals surface area (Å²) in [5, 5.41) is 4.05. The lowest BCUT2D eigenvalue weighted by molar-refractivity contribution is 0.304. The van der Waals surface area contributed by atoms with E-state index in [2.05, 4.69) is 5.10 Å². The summed E-state index contributed by atoms with van der Waals surface area (Å²) in [7, 11) is 0. The minimum absolute atomic E-state index is 0.370. The molecule has 1 aromatic rings. The summed E-state index contributed by atoms with van der Waals surface area (Å²) in [5.41, 5.74) is 5.94. The average Bonchev–Trinajstić information content (AvgIpc) is 2.54. The Bertz CT molecular complexity index is 247. The third kappa shape index (κ3) is 2.52. The normalized spacial score (nSPS) is 13.2. The van der Waals surface area contributed by atoms with Crippen molar-refractivity contribution in [1.82, 2.24) is 9.78 Å². The molecule has 1 unspecified atom stereocenters. The van der Waals surface area contributed by atoms with E-state index < -0.39 is 6.17 Å². The van der Waals surface area contributed by atoms with Gasteiger partial charge in [0.1, 0.15) is 6.17 Å². The standard InChI is InChI=1S/C9H16FN3/c1-2-7-13-9(4-6-12-13)8(10)3-5-11/h4,6,8H,2-3,5,7,11H2,1H3. The van der Waals surface area contributed by atoms with E-state index in [1.165, 1.54) is 0 Å². The minimum Gasteiger partial charge on any atom is -0.330 e. The summed E-state index contributed by atoms with van der Waals surface area (Å²) in [4.78, 5) is 0. The Kier molecular flexibility index (Phi) is 3.89.